The van der Waals surface area contributed by atoms with Crippen LogP contribution in [0.4, 0.5) is 0 Å². The number of aromatic hydroxyl groups is 1. The van der Waals surface area contributed by atoms with E-state index in [9.17, 15) is 5.11 Å². The molecule has 1 N–H and O–H groups in total. The molecule has 2 aromatic rings. The van der Waals surface area contributed by atoms with Crippen LogP contribution in [0.1, 0.15) is 18.0 Å². The van der Waals surface area contributed by atoms with Crippen molar-refractivity contribution >= 4 is 5.65 Å². The Morgan fingerprint density at radius 3 is 3.13 bits per heavy atom. The number of pyridine rings is 1. The summed E-state index contributed by atoms with van der Waals surface area (Å²) in [6.45, 7) is 1.58. The highest BCUT2D eigenvalue weighted by atomic mass is 16.5. The molecule has 0 saturated carbocycles. The van der Waals surface area contributed by atoms with Crippen LogP contribution in [0.25, 0.3) is 5.65 Å². The maximum Gasteiger partial charge on any atom is 0.137 e. The van der Waals surface area contributed by atoms with E-state index < -0.39 is 0 Å². The van der Waals surface area contributed by atoms with Gasteiger partial charge in [0.1, 0.15) is 11.4 Å². The Labute approximate surface area is 87.1 Å². The van der Waals surface area contributed by atoms with Crippen molar-refractivity contribution in [2.45, 2.75) is 12.3 Å². The van der Waals surface area contributed by atoms with Crippen molar-refractivity contribution in [2.24, 2.45) is 0 Å². The van der Waals surface area contributed by atoms with Crippen molar-refractivity contribution < 1.29 is 9.84 Å². The van der Waals surface area contributed by atoms with Crippen LogP contribution in [0.3, 0.4) is 0 Å². The number of fused-ring (bicyclic) bond motifs is 1. The number of hydrogen-bond donors (Lipinski definition) is 1. The molecule has 3 rings (SSSR count). The molecule has 2 aromatic heterocycles. The Balaban J connectivity index is 2.05. The highest BCUT2D eigenvalue weighted by Crippen LogP contribution is 2.25. The van der Waals surface area contributed by atoms with Gasteiger partial charge in [0.2, 0.25) is 0 Å². The van der Waals surface area contributed by atoms with E-state index >= 15 is 0 Å². The monoisotopic (exact) mass is 204 g/mol. The normalized spacial score (nSPS) is 21.2. The molecule has 1 fully saturated rings. The number of hydrogen-bond acceptors (Lipinski definition) is 3. The van der Waals surface area contributed by atoms with Crippen LogP contribution in [0.5, 0.6) is 5.75 Å². The van der Waals surface area contributed by atoms with Crippen molar-refractivity contribution in [2.75, 3.05) is 13.2 Å². The molecule has 0 radical (unpaired) electrons. The largest absolute Gasteiger partial charge is 0.506 e. The third kappa shape index (κ3) is 1.47. The summed E-state index contributed by atoms with van der Waals surface area (Å²) in [4.78, 5) is 4.51. The Kier molecular flexibility index (Phi) is 1.89. The molecule has 0 aromatic carbocycles. The lowest BCUT2D eigenvalue weighted by Gasteiger charge is -2.00. The molecular weight excluding hydrogens is 192 g/mol. The standard InChI is InChI=1S/C11H12N2O2/c14-9-1-2-11-12-10(6-13(11)5-9)8-3-4-15-7-8/h1-2,5-6,8,14H,3-4,7H2. The second kappa shape index (κ2) is 3.24. The van der Waals surface area contributed by atoms with Gasteiger partial charge in [0.05, 0.1) is 18.5 Å². The minimum absolute atomic E-state index is 0.258. The molecule has 4 nitrogen and oxygen atoms in total. The third-order valence-corrected chi connectivity index (χ3v) is 2.80. The van der Waals surface area contributed by atoms with Gasteiger partial charge in [-0.3, -0.25) is 0 Å². The van der Waals surface area contributed by atoms with E-state index in [4.69, 9.17) is 4.74 Å². The minimum atomic E-state index is 0.258. The lowest BCUT2D eigenvalue weighted by Crippen LogP contribution is -1.96. The molecule has 1 saturated heterocycles. The summed E-state index contributed by atoms with van der Waals surface area (Å²) in [7, 11) is 0. The summed E-state index contributed by atoms with van der Waals surface area (Å²) in [6.07, 6.45) is 4.67. The molecule has 0 spiro atoms. The van der Waals surface area contributed by atoms with Gasteiger partial charge in [0.25, 0.3) is 0 Å². The van der Waals surface area contributed by atoms with E-state index in [1.165, 1.54) is 0 Å². The Morgan fingerprint density at radius 1 is 1.40 bits per heavy atom. The first kappa shape index (κ1) is 8.73. The van der Waals surface area contributed by atoms with Crippen LogP contribution in [0.2, 0.25) is 0 Å². The van der Waals surface area contributed by atoms with Crippen molar-refractivity contribution in [1.82, 2.24) is 9.38 Å². The van der Waals surface area contributed by atoms with Crippen LogP contribution in [-0.2, 0) is 4.74 Å². The highest BCUT2D eigenvalue weighted by Gasteiger charge is 2.20. The topological polar surface area (TPSA) is 46.8 Å². The average molecular weight is 204 g/mol. The summed E-state index contributed by atoms with van der Waals surface area (Å²) in [5.41, 5.74) is 1.92. The van der Waals surface area contributed by atoms with Crippen molar-refractivity contribution in [3.63, 3.8) is 0 Å². The lowest BCUT2D eigenvalue weighted by atomic mass is 10.1. The van der Waals surface area contributed by atoms with Crippen LogP contribution >= 0.6 is 0 Å². The molecule has 1 unspecified atom stereocenters. The van der Waals surface area contributed by atoms with Gasteiger partial charge in [0.15, 0.2) is 0 Å². The molecule has 0 amide bonds. The van der Waals surface area contributed by atoms with E-state index in [-0.39, 0.29) is 5.75 Å². The molecule has 15 heavy (non-hydrogen) atoms. The van der Waals surface area contributed by atoms with E-state index in [1.54, 1.807) is 12.3 Å². The Bertz CT molecular complexity index is 486. The van der Waals surface area contributed by atoms with Crippen molar-refractivity contribution in [1.29, 1.82) is 0 Å². The van der Waals surface area contributed by atoms with Crippen LogP contribution in [-0.4, -0.2) is 27.7 Å². The maximum absolute atomic E-state index is 9.33. The zero-order valence-electron chi connectivity index (χ0n) is 8.26. The molecular formula is C11H12N2O2. The summed E-state index contributed by atoms with van der Waals surface area (Å²) < 4.78 is 7.18. The van der Waals surface area contributed by atoms with Gasteiger partial charge in [-0.25, -0.2) is 4.98 Å². The van der Waals surface area contributed by atoms with Crippen LogP contribution in [0.15, 0.2) is 24.5 Å². The fraction of sp³-hybridized carbons (Fsp3) is 0.364. The first-order valence-electron chi connectivity index (χ1n) is 5.08. The number of nitrogens with zero attached hydrogens (tertiary/aromatic N) is 2. The third-order valence-electron chi connectivity index (χ3n) is 2.80. The Morgan fingerprint density at radius 2 is 2.33 bits per heavy atom. The second-order valence-electron chi connectivity index (χ2n) is 3.88. The Hall–Kier alpha value is -1.55. The predicted octanol–water partition coefficient (Wildman–Crippen LogP) is 1.54. The van der Waals surface area contributed by atoms with Crippen molar-refractivity contribution in [3.05, 3.63) is 30.2 Å². The molecule has 4 heteroatoms. The van der Waals surface area contributed by atoms with Crippen molar-refractivity contribution in [3.8, 4) is 5.75 Å². The SMILES string of the molecule is Oc1ccc2nc(C3CCOC3)cn2c1. The highest BCUT2D eigenvalue weighted by molar-refractivity contribution is 5.43. The van der Waals surface area contributed by atoms with Gasteiger partial charge < -0.3 is 14.2 Å². The lowest BCUT2D eigenvalue weighted by molar-refractivity contribution is 0.193. The van der Waals surface area contributed by atoms with Gasteiger partial charge in [-0.1, -0.05) is 0 Å². The quantitative estimate of drug-likeness (QED) is 0.766. The van der Waals surface area contributed by atoms with Crippen LogP contribution < -0.4 is 0 Å². The molecule has 1 aliphatic rings. The first-order chi connectivity index (χ1) is 7.33. The summed E-state index contributed by atoms with van der Waals surface area (Å²) in [5, 5.41) is 9.33. The number of rotatable bonds is 1. The van der Waals surface area contributed by atoms with E-state index in [2.05, 4.69) is 4.98 Å². The van der Waals surface area contributed by atoms with Gasteiger partial charge in [-0.2, -0.15) is 0 Å². The molecule has 78 valence electrons. The van der Waals surface area contributed by atoms with Gasteiger partial charge in [-0.05, 0) is 18.6 Å². The van der Waals surface area contributed by atoms with Crippen LogP contribution in [0, 0.1) is 0 Å². The predicted molar refractivity (Wildman–Crippen MR) is 55.0 cm³/mol. The number of ether oxygens (including phenoxy) is 1. The van der Waals surface area contributed by atoms with E-state index in [0.717, 1.165) is 31.0 Å². The first-order valence-corrected chi connectivity index (χ1v) is 5.08. The minimum Gasteiger partial charge on any atom is -0.506 e. The van der Waals surface area contributed by atoms with Gasteiger partial charge in [-0.15, -0.1) is 0 Å². The maximum atomic E-state index is 9.33. The fourth-order valence-corrected chi connectivity index (χ4v) is 1.96. The summed E-state index contributed by atoms with van der Waals surface area (Å²) >= 11 is 0. The molecule has 0 aliphatic carbocycles. The summed E-state index contributed by atoms with van der Waals surface area (Å²) in [6, 6.07) is 3.46. The zero-order chi connectivity index (χ0) is 10.3. The molecule has 1 atom stereocenters. The number of imidazole rings is 1. The summed E-state index contributed by atoms with van der Waals surface area (Å²) in [5.74, 6) is 0.668. The molecule has 3 heterocycles. The van der Waals surface area contributed by atoms with E-state index in [0.29, 0.717) is 5.92 Å². The van der Waals surface area contributed by atoms with Gasteiger partial charge in [0, 0.05) is 18.7 Å². The molecule has 0 bridgehead atoms. The zero-order valence-corrected chi connectivity index (χ0v) is 8.26. The van der Waals surface area contributed by atoms with E-state index in [1.807, 2.05) is 16.7 Å². The molecule has 1 aliphatic heterocycles. The van der Waals surface area contributed by atoms with Gasteiger partial charge >= 0.3 is 0 Å². The number of aromatic nitrogens is 2. The second-order valence-corrected chi connectivity index (χ2v) is 3.88. The fourth-order valence-electron chi connectivity index (χ4n) is 1.96. The smallest absolute Gasteiger partial charge is 0.137 e. The average Bonchev–Trinajstić information content (AvgIpc) is 2.84.